The fourth-order valence-electron chi connectivity index (χ4n) is 1.89. The van der Waals surface area contributed by atoms with Crippen LogP contribution in [0.2, 0.25) is 0 Å². The Hall–Kier alpha value is -1.06. The number of anilines is 1. The normalized spacial score (nSPS) is 18.9. The highest BCUT2D eigenvalue weighted by atomic mass is 16.3. The van der Waals surface area contributed by atoms with E-state index in [-0.39, 0.29) is 6.10 Å². The fraction of sp³-hybridized carbons (Fsp3) is 0.500. The summed E-state index contributed by atoms with van der Waals surface area (Å²) in [5, 5.41) is 12.7. The number of nitrogens with one attached hydrogen (secondary N) is 1. The van der Waals surface area contributed by atoms with Crippen LogP contribution in [0.15, 0.2) is 24.3 Å². The molecule has 0 spiro atoms. The predicted molar refractivity (Wildman–Crippen MR) is 62.2 cm³/mol. The van der Waals surface area contributed by atoms with Crippen molar-refractivity contribution in [1.82, 2.24) is 5.32 Å². The molecule has 1 heterocycles. The molecule has 82 valence electrons. The molecule has 0 saturated carbocycles. The highest BCUT2D eigenvalue weighted by molar-refractivity contribution is 5.48. The highest BCUT2D eigenvalue weighted by Crippen LogP contribution is 2.19. The Balaban J connectivity index is 2.08. The molecule has 1 atom stereocenters. The maximum absolute atomic E-state index is 9.40. The third-order valence-corrected chi connectivity index (χ3v) is 2.86. The molecule has 1 aliphatic rings. The molecule has 0 aliphatic carbocycles. The summed E-state index contributed by atoms with van der Waals surface area (Å²) in [7, 11) is 0. The maximum Gasteiger partial charge on any atom is 0.0761 e. The summed E-state index contributed by atoms with van der Waals surface area (Å²) in [6.45, 7) is 6.03. The average Bonchev–Trinajstić information content (AvgIpc) is 2.30. The van der Waals surface area contributed by atoms with Gasteiger partial charge in [0.25, 0.3) is 0 Å². The summed E-state index contributed by atoms with van der Waals surface area (Å²) in [5.41, 5.74) is 2.23. The molecule has 3 nitrogen and oxygen atoms in total. The topological polar surface area (TPSA) is 35.5 Å². The Kier molecular flexibility index (Phi) is 3.23. The molecule has 0 amide bonds. The molecule has 0 bridgehead atoms. The summed E-state index contributed by atoms with van der Waals surface area (Å²) in [6, 6.07) is 8.19. The lowest BCUT2D eigenvalue weighted by molar-refractivity contribution is 0.199. The first-order chi connectivity index (χ1) is 7.27. The molecule has 1 aromatic carbocycles. The molecule has 0 radical (unpaired) electrons. The van der Waals surface area contributed by atoms with Crippen molar-refractivity contribution in [3.8, 4) is 0 Å². The number of hydrogen-bond donors (Lipinski definition) is 2. The Morgan fingerprint density at radius 2 is 1.80 bits per heavy atom. The van der Waals surface area contributed by atoms with Gasteiger partial charge in [0.05, 0.1) is 6.10 Å². The lowest BCUT2D eigenvalue weighted by Crippen LogP contribution is -2.43. The molecule has 0 aromatic heterocycles. The quantitative estimate of drug-likeness (QED) is 0.762. The van der Waals surface area contributed by atoms with Gasteiger partial charge in [0.2, 0.25) is 0 Å². The van der Waals surface area contributed by atoms with Gasteiger partial charge in [-0.2, -0.15) is 0 Å². The van der Waals surface area contributed by atoms with Crippen molar-refractivity contribution in [2.24, 2.45) is 0 Å². The first-order valence-corrected chi connectivity index (χ1v) is 5.51. The standard InChI is InChI=1S/C12H18N2O/c1-10(15)11-2-4-12(5-3-11)14-8-6-13-7-9-14/h2-5,10,13,15H,6-9H2,1H3/t10-/m0/s1. The molecular weight excluding hydrogens is 188 g/mol. The zero-order chi connectivity index (χ0) is 10.7. The number of aliphatic hydroxyl groups excluding tert-OH is 1. The largest absolute Gasteiger partial charge is 0.389 e. The van der Waals surface area contributed by atoms with Crippen molar-refractivity contribution in [1.29, 1.82) is 0 Å². The zero-order valence-corrected chi connectivity index (χ0v) is 9.11. The van der Waals surface area contributed by atoms with Gasteiger partial charge in [-0.3, -0.25) is 0 Å². The van der Waals surface area contributed by atoms with Crippen LogP contribution in [0.1, 0.15) is 18.6 Å². The first-order valence-electron chi connectivity index (χ1n) is 5.51. The van der Waals surface area contributed by atoms with E-state index in [0.717, 1.165) is 31.7 Å². The molecular formula is C12H18N2O. The van der Waals surface area contributed by atoms with Crippen LogP contribution >= 0.6 is 0 Å². The van der Waals surface area contributed by atoms with E-state index in [1.54, 1.807) is 6.92 Å². The smallest absolute Gasteiger partial charge is 0.0761 e. The summed E-state index contributed by atoms with van der Waals surface area (Å²) in [5.74, 6) is 0. The van der Waals surface area contributed by atoms with Crippen LogP contribution in [0.4, 0.5) is 5.69 Å². The zero-order valence-electron chi connectivity index (χ0n) is 9.11. The van der Waals surface area contributed by atoms with Gasteiger partial charge < -0.3 is 15.3 Å². The molecule has 1 aliphatic heterocycles. The number of nitrogens with zero attached hydrogens (tertiary/aromatic N) is 1. The van der Waals surface area contributed by atoms with Crippen molar-refractivity contribution in [3.05, 3.63) is 29.8 Å². The van der Waals surface area contributed by atoms with Gasteiger partial charge in [0, 0.05) is 31.9 Å². The molecule has 2 N–H and O–H groups in total. The summed E-state index contributed by atoms with van der Waals surface area (Å²) >= 11 is 0. The van der Waals surface area contributed by atoms with Gasteiger partial charge in [0.1, 0.15) is 0 Å². The Morgan fingerprint density at radius 3 is 2.33 bits per heavy atom. The van der Waals surface area contributed by atoms with Crippen LogP contribution in [0.25, 0.3) is 0 Å². The van der Waals surface area contributed by atoms with E-state index in [1.165, 1.54) is 5.69 Å². The molecule has 15 heavy (non-hydrogen) atoms. The summed E-state index contributed by atoms with van der Waals surface area (Å²) < 4.78 is 0. The fourth-order valence-corrected chi connectivity index (χ4v) is 1.89. The van der Waals surface area contributed by atoms with Gasteiger partial charge in [-0.1, -0.05) is 12.1 Å². The van der Waals surface area contributed by atoms with Crippen molar-refractivity contribution >= 4 is 5.69 Å². The van der Waals surface area contributed by atoms with Gasteiger partial charge >= 0.3 is 0 Å². The van der Waals surface area contributed by atoms with Crippen LogP contribution in [-0.4, -0.2) is 31.3 Å². The van der Waals surface area contributed by atoms with Crippen molar-refractivity contribution in [3.63, 3.8) is 0 Å². The van der Waals surface area contributed by atoms with Crippen LogP contribution in [0, 0.1) is 0 Å². The highest BCUT2D eigenvalue weighted by Gasteiger charge is 2.10. The first kappa shape index (κ1) is 10.5. The Labute approximate surface area is 90.7 Å². The van der Waals surface area contributed by atoms with Crippen LogP contribution in [0.3, 0.4) is 0 Å². The number of aliphatic hydroxyl groups is 1. The molecule has 1 aromatic rings. The summed E-state index contributed by atoms with van der Waals surface area (Å²) in [6.07, 6.45) is -0.373. The average molecular weight is 206 g/mol. The number of hydrogen-bond acceptors (Lipinski definition) is 3. The molecule has 3 heteroatoms. The molecule has 1 saturated heterocycles. The number of rotatable bonds is 2. The predicted octanol–water partition coefficient (Wildman–Crippen LogP) is 1.15. The Bertz CT molecular complexity index is 302. The second-order valence-electron chi connectivity index (χ2n) is 4.00. The molecule has 2 rings (SSSR count). The van der Waals surface area contributed by atoms with E-state index in [1.807, 2.05) is 12.1 Å². The minimum Gasteiger partial charge on any atom is -0.389 e. The second-order valence-corrected chi connectivity index (χ2v) is 4.00. The van der Waals surface area contributed by atoms with Gasteiger partial charge in [-0.05, 0) is 24.6 Å². The molecule has 1 fully saturated rings. The van der Waals surface area contributed by atoms with E-state index in [4.69, 9.17) is 0 Å². The third-order valence-electron chi connectivity index (χ3n) is 2.86. The van der Waals surface area contributed by atoms with E-state index >= 15 is 0 Å². The van der Waals surface area contributed by atoms with Crippen molar-refractivity contribution in [2.45, 2.75) is 13.0 Å². The van der Waals surface area contributed by atoms with E-state index < -0.39 is 0 Å². The number of benzene rings is 1. The lowest BCUT2D eigenvalue weighted by Gasteiger charge is -2.29. The van der Waals surface area contributed by atoms with Gasteiger partial charge in [-0.15, -0.1) is 0 Å². The lowest BCUT2D eigenvalue weighted by atomic mass is 10.1. The third kappa shape index (κ3) is 2.49. The van der Waals surface area contributed by atoms with E-state index in [0.29, 0.717) is 0 Å². The maximum atomic E-state index is 9.40. The van der Waals surface area contributed by atoms with E-state index in [2.05, 4.69) is 22.3 Å². The Morgan fingerprint density at radius 1 is 1.20 bits per heavy atom. The van der Waals surface area contributed by atoms with Crippen molar-refractivity contribution in [2.75, 3.05) is 31.1 Å². The van der Waals surface area contributed by atoms with Crippen molar-refractivity contribution < 1.29 is 5.11 Å². The SMILES string of the molecule is C[C@H](O)c1ccc(N2CCNCC2)cc1. The number of piperazine rings is 1. The monoisotopic (exact) mass is 206 g/mol. The minimum absolute atomic E-state index is 0.373. The van der Waals surface area contributed by atoms with Gasteiger partial charge in [0.15, 0.2) is 0 Å². The molecule has 0 unspecified atom stereocenters. The summed E-state index contributed by atoms with van der Waals surface area (Å²) in [4.78, 5) is 2.36. The minimum atomic E-state index is -0.373. The van der Waals surface area contributed by atoms with Crippen LogP contribution < -0.4 is 10.2 Å². The van der Waals surface area contributed by atoms with Gasteiger partial charge in [-0.25, -0.2) is 0 Å². The van der Waals surface area contributed by atoms with Crippen LogP contribution in [-0.2, 0) is 0 Å². The second kappa shape index (κ2) is 4.64. The van der Waals surface area contributed by atoms with E-state index in [9.17, 15) is 5.11 Å². The van der Waals surface area contributed by atoms with Crippen LogP contribution in [0.5, 0.6) is 0 Å².